The minimum absolute atomic E-state index is 0.0654. The fourth-order valence-corrected chi connectivity index (χ4v) is 1.95. The lowest BCUT2D eigenvalue weighted by molar-refractivity contribution is -0.141. The first-order valence-electron chi connectivity index (χ1n) is 4.78. The molecule has 3 nitrogen and oxygen atoms in total. The molecule has 100 valence electrons. The van der Waals surface area contributed by atoms with Crippen LogP contribution >= 0.6 is 15.9 Å². The summed E-state index contributed by atoms with van der Waals surface area (Å²) in [6.07, 6.45) is -4.58. The van der Waals surface area contributed by atoms with Gasteiger partial charge >= 0.3 is 12.1 Å². The third kappa shape index (κ3) is 3.16. The molecular formula is C11H10BrF3O3. The molecule has 0 fully saturated rings. The van der Waals surface area contributed by atoms with E-state index in [9.17, 15) is 18.0 Å². The third-order valence-corrected chi connectivity index (χ3v) is 3.11. The quantitative estimate of drug-likeness (QED) is 0.631. The second-order valence-corrected chi connectivity index (χ2v) is 4.25. The topological polar surface area (TPSA) is 35.5 Å². The lowest BCUT2D eigenvalue weighted by Gasteiger charge is -2.16. The number of methoxy groups -OCH3 is 2. The number of hydrogen-bond acceptors (Lipinski definition) is 3. The van der Waals surface area contributed by atoms with Gasteiger partial charge in [0, 0.05) is 0 Å². The van der Waals surface area contributed by atoms with E-state index in [1.54, 1.807) is 0 Å². The van der Waals surface area contributed by atoms with Crippen molar-refractivity contribution in [3.63, 3.8) is 0 Å². The van der Waals surface area contributed by atoms with E-state index in [-0.39, 0.29) is 11.3 Å². The molecule has 0 bridgehead atoms. The maximum atomic E-state index is 12.9. The number of esters is 1. The molecule has 1 aromatic carbocycles. The van der Waals surface area contributed by atoms with Crippen LogP contribution in [0, 0.1) is 0 Å². The van der Waals surface area contributed by atoms with Crippen molar-refractivity contribution in [3.05, 3.63) is 29.3 Å². The van der Waals surface area contributed by atoms with Crippen LogP contribution in [-0.4, -0.2) is 20.2 Å². The van der Waals surface area contributed by atoms with E-state index < -0.39 is 22.5 Å². The van der Waals surface area contributed by atoms with Crippen LogP contribution in [-0.2, 0) is 15.7 Å². The van der Waals surface area contributed by atoms with Crippen LogP contribution < -0.4 is 4.74 Å². The second-order valence-electron chi connectivity index (χ2n) is 3.34. The smallest absolute Gasteiger partial charge is 0.416 e. The van der Waals surface area contributed by atoms with E-state index in [2.05, 4.69) is 20.7 Å². The summed E-state index contributed by atoms with van der Waals surface area (Å²) in [5.74, 6) is -0.735. The first kappa shape index (κ1) is 14.8. The highest BCUT2D eigenvalue weighted by molar-refractivity contribution is 9.09. The minimum Gasteiger partial charge on any atom is -0.497 e. The van der Waals surface area contributed by atoms with E-state index in [1.807, 2.05) is 0 Å². The highest BCUT2D eigenvalue weighted by Gasteiger charge is 2.37. The molecular weight excluding hydrogens is 317 g/mol. The molecule has 1 aromatic rings. The van der Waals surface area contributed by atoms with Crippen LogP contribution in [0.3, 0.4) is 0 Å². The molecule has 0 aliphatic rings. The Morgan fingerprint density at radius 1 is 1.33 bits per heavy atom. The van der Waals surface area contributed by atoms with Crippen molar-refractivity contribution >= 4 is 21.9 Å². The Labute approximate surface area is 110 Å². The molecule has 0 aromatic heterocycles. The number of carbonyl (C=O) groups excluding carboxylic acids is 1. The maximum Gasteiger partial charge on any atom is 0.416 e. The Kier molecular flexibility index (Phi) is 4.61. The first-order valence-corrected chi connectivity index (χ1v) is 5.70. The van der Waals surface area contributed by atoms with Crippen molar-refractivity contribution in [1.82, 2.24) is 0 Å². The summed E-state index contributed by atoms with van der Waals surface area (Å²) in [4.78, 5) is 10.1. The fourth-order valence-electron chi connectivity index (χ4n) is 1.36. The van der Waals surface area contributed by atoms with Gasteiger partial charge in [-0.2, -0.15) is 13.2 Å². The minimum atomic E-state index is -4.58. The van der Waals surface area contributed by atoms with Crippen LogP contribution in [0.25, 0.3) is 0 Å². The van der Waals surface area contributed by atoms with Crippen molar-refractivity contribution < 1.29 is 27.4 Å². The highest BCUT2D eigenvalue weighted by atomic mass is 79.9. The number of hydrogen-bond donors (Lipinski definition) is 0. The number of alkyl halides is 4. The van der Waals surface area contributed by atoms with Crippen LogP contribution in [0.4, 0.5) is 13.2 Å². The largest absolute Gasteiger partial charge is 0.497 e. The van der Waals surface area contributed by atoms with Crippen LogP contribution in [0.2, 0.25) is 0 Å². The van der Waals surface area contributed by atoms with Gasteiger partial charge in [-0.15, -0.1) is 0 Å². The predicted octanol–water partition coefficient (Wildman–Crippen LogP) is 3.32. The normalized spacial score (nSPS) is 13.0. The molecule has 0 unspecified atom stereocenters. The average Bonchev–Trinajstić information content (AvgIpc) is 2.35. The Morgan fingerprint density at radius 3 is 2.39 bits per heavy atom. The summed E-state index contributed by atoms with van der Waals surface area (Å²) in [5.41, 5.74) is -1.15. The van der Waals surface area contributed by atoms with Gasteiger partial charge in [-0.3, -0.25) is 4.79 Å². The highest BCUT2D eigenvalue weighted by Crippen LogP contribution is 2.39. The second kappa shape index (κ2) is 5.60. The molecule has 0 aliphatic carbocycles. The zero-order chi connectivity index (χ0) is 13.9. The number of halogens is 4. The van der Waals surface area contributed by atoms with Gasteiger partial charge < -0.3 is 9.47 Å². The molecule has 0 amide bonds. The van der Waals surface area contributed by atoms with Gasteiger partial charge in [0.05, 0.1) is 19.8 Å². The molecule has 0 aliphatic heterocycles. The third-order valence-electron chi connectivity index (χ3n) is 2.25. The Balaban J connectivity index is 3.31. The summed E-state index contributed by atoms with van der Waals surface area (Å²) >= 11 is 2.89. The van der Waals surface area contributed by atoms with Gasteiger partial charge in [0.25, 0.3) is 0 Å². The Hall–Kier alpha value is -1.24. The van der Waals surface area contributed by atoms with Gasteiger partial charge in [0.1, 0.15) is 10.6 Å². The van der Waals surface area contributed by atoms with Crippen molar-refractivity contribution in [2.75, 3.05) is 14.2 Å². The van der Waals surface area contributed by atoms with Crippen LogP contribution in [0.1, 0.15) is 16.0 Å². The Bertz CT molecular complexity index is 446. The van der Waals surface area contributed by atoms with Crippen LogP contribution in [0.5, 0.6) is 5.75 Å². The van der Waals surface area contributed by atoms with E-state index in [1.165, 1.54) is 19.2 Å². The summed E-state index contributed by atoms with van der Waals surface area (Å²) in [5, 5.41) is 0. The van der Waals surface area contributed by atoms with Crippen LogP contribution in [0.15, 0.2) is 18.2 Å². The average molecular weight is 327 g/mol. The standard InChI is InChI=1S/C11H10BrF3O3/c1-17-6-3-4-7(9(12)10(16)18-2)8(5-6)11(13,14)15/h3-5,9H,1-2H3/t9-/m0/s1. The van der Waals surface area contributed by atoms with Gasteiger partial charge in [-0.1, -0.05) is 22.0 Å². The van der Waals surface area contributed by atoms with Gasteiger partial charge in [-0.25, -0.2) is 0 Å². The predicted molar refractivity (Wildman–Crippen MR) is 61.7 cm³/mol. The van der Waals surface area contributed by atoms with E-state index in [4.69, 9.17) is 4.74 Å². The molecule has 0 N–H and O–H groups in total. The number of benzene rings is 1. The fraction of sp³-hybridized carbons (Fsp3) is 0.364. The van der Waals surface area contributed by atoms with Gasteiger partial charge in [0.15, 0.2) is 0 Å². The molecule has 1 rings (SSSR count). The molecule has 0 heterocycles. The molecule has 1 atom stereocenters. The lowest BCUT2D eigenvalue weighted by atomic mass is 10.0. The molecule has 0 saturated carbocycles. The molecule has 7 heteroatoms. The SMILES string of the molecule is COC(=O)[C@@H](Br)c1ccc(OC)cc1C(F)(F)F. The molecule has 0 spiro atoms. The summed E-state index contributed by atoms with van der Waals surface area (Å²) < 4.78 is 47.7. The number of rotatable bonds is 3. The number of ether oxygens (including phenoxy) is 2. The molecule has 18 heavy (non-hydrogen) atoms. The zero-order valence-electron chi connectivity index (χ0n) is 9.55. The van der Waals surface area contributed by atoms with E-state index >= 15 is 0 Å². The van der Waals surface area contributed by atoms with Crippen molar-refractivity contribution in [1.29, 1.82) is 0 Å². The lowest BCUT2D eigenvalue weighted by Crippen LogP contribution is -2.15. The zero-order valence-corrected chi connectivity index (χ0v) is 11.1. The Morgan fingerprint density at radius 2 is 1.94 bits per heavy atom. The molecule has 0 saturated heterocycles. The maximum absolute atomic E-state index is 12.9. The van der Waals surface area contributed by atoms with E-state index in [0.29, 0.717) is 0 Å². The first-order chi connectivity index (χ1) is 8.31. The van der Waals surface area contributed by atoms with Crippen molar-refractivity contribution in [2.24, 2.45) is 0 Å². The molecule has 0 radical (unpaired) electrons. The summed E-state index contributed by atoms with van der Waals surface area (Å²) in [6.45, 7) is 0. The van der Waals surface area contributed by atoms with Crippen molar-refractivity contribution in [3.8, 4) is 5.75 Å². The number of carbonyl (C=O) groups is 1. The van der Waals surface area contributed by atoms with Crippen molar-refractivity contribution in [2.45, 2.75) is 11.0 Å². The monoisotopic (exact) mass is 326 g/mol. The summed E-state index contributed by atoms with van der Waals surface area (Å²) in [7, 11) is 2.37. The summed E-state index contributed by atoms with van der Waals surface area (Å²) in [6, 6.07) is 3.37. The van der Waals surface area contributed by atoms with E-state index in [0.717, 1.165) is 13.2 Å². The van der Waals surface area contributed by atoms with Gasteiger partial charge in [-0.05, 0) is 17.7 Å². The van der Waals surface area contributed by atoms with Gasteiger partial charge in [0.2, 0.25) is 0 Å².